The van der Waals surface area contributed by atoms with Crippen LogP contribution < -0.4 is 11.1 Å². The quantitative estimate of drug-likeness (QED) is 0.665. The van der Waals surface area contributed by atoms with Crippen molar-refractivity contribution in [2.24, 2.45) is 11.8 Å². The number of aromatic nitrogens is 2. The zero-order valence-electron chi connectivity index (χ0n) is 19.3. The summed E-state index contributed by atoms with van der Waals surface area (Å²) in [6.07, 6.45) is 16.3. The van der Waals surface area contributed by atoms with E-state index in [0.29, 0.717) is 23.0 Å². The van der Waals surface area contributed by atoms with Gasteiger partial charge in [-0.1, -0.05) is 12.8 Å². The van der Waals surface area contributed by atoms with Gasteiger partial charge in [-0.3, -0.25) is 9.59 Å². The fraction of sp³-hybridized carbons (Fsp3) is 0.643. The Bertz CT molecular complexity index is 1060. The van der Waals surface area contributed by atoms with Gasteiger partial charge >= 0.3 is 0 Å². The fourth-order valence-electron chi connectivity index (χ4n) is 6.40. The van der Waals surface area contributed by atoms with Gasteiger partial charge in [-0.15, -0.1) is 0 Å². The number of hydrogen-bond donors (Lipinski definition) is 0. The second-order valence-corrected chi connectivity index (χ2v) is 10.9. The van der Waals surface area contributed by atoms with E-state index in [1.54, 1.807) is 0 Å². The van der Waals surface area contributed by atoms with Crippen molar-refractivity contribution in [2.45, 2.75) is 103 Å². The normalized spacial score (nSPS) is 20.9. The van der Waals surface area contributed by atoms with E-state index in [4.69, 9.17) is 0 Å². The van der Waals surface area contributed by atoms with E-state index >= 15 is 0 Å². The van der Waals surface area contributed by atoms with Crippen LogP contribution >= 0.6 is 0 Å². The maximum absolute atomic E-state index is 13.9. The molecule has 2 heterocycles. The molecule has 2 aromatic rings. The van der Waals surface area contributed by atoms with Gasteiger partial charge in [-0.05, 0) is 112 Å². The van der Waals surface area contributed by atoms with Crippen molar-refractivity contribution in [3.05, 3.63) is 55.4 Å². The standard InChI is InChI=1S/C28H36N2O2/c31-27-23(15-21-11-1-3-13-25(21)29(27)17-19-7-5-8-19)24-16-22-12-2-4-14-26(22)30(28(24)32)18-20-9-6-10-20/h15-16,19-20H,1-14,17-18H2. The minimum Gasteiger partial charge on any atom is -0.312 e. The first-order chi connectivity index (χ1) is 15.7. The van der Waals surface area contributed by atoms with Gasteiger partial charge in [0.25, 0.3) is 11.1 Å². The lowest BCUT2D eigenvalue weighted by atomic mass is 9.84. The summed E-state index contributed by atoms with van der Waals surface area (Å²) in [7, 11) is 0. The van der Waals surface area contributed by atoms with Crippen LogP contribution in [-0.4, -0.2) is 9.13 Å². The van der Waals surface area contributed by atoms with Gasteiger partial charge in [-0.25, -0.2) is 0 Å². The Morgan fingerprint density at radius 1 is 0.594 bits per heavy atom. The lowest BCUT2D eigenvalue weighted by Gasteiger charge is -2.31. The lowest BCUT2D eigenvalue weighted by Crippen LogP contribution is -2.36. The first-order valence-electron chi connectivity index (χ1n) is 13.2. The summed E-state index contributed by atoms with van der Waals surface area (Å²) >= 11 is 0. The molecule has 0 bridgehead atoms. The zero-order chi connectivity index (χ0) is 21.7. The van der Waals surface area contributed by atoms with E-state index in [9.17, 15) is 9.59 Å². The molecule has 2 fully saturated rings. The van der Waals surface area contributed by atoms with Gasteiger partial charge in [0.15, 0.2) is 0 Å². The molecule has 4 aliphatic carbocycles. The largest absolute Gasteiger partial charge is 0.312 e. The summed E-state index contributed by atoms with van der Waals surface area (Å²) in [4.78, 5) is 27.7. The average Bonchev–Trinajstić information content (AvgIpc) is 2.75. The van der Waals surface area contributed by atoms with E-state index < -0.39 is 0 Å². The minimum absolute atomic E-state index is 0.0839. The maximum atomic E-state index is 13.9. The molecular formula is C28H36N2O2. The van der Waals surface area contributed by atoms with Gasteiger partial charge in [0.2, 0.25) is 0 Å². The molecule has 0 aliphatic heterocycles. The van der Waals surface area contributed by atoms with Gasteiger partial charge in [-0.2, -0.15) is 0 Å². The molecule has 2 saturated carbocycles. The van der Waals surface area contributed by atoms with Crippen molar-refractivity contribution in [3.63, 3.8) is 0 Å². The molecular weight excluding hydrogens is 396 g/mol. The van der Waals surface area contributed by atoms with Crippen LogP contribution in [0.4, 0.5) is 0 Å². The minimum atomic E-state index is 0.0839. The molecule has 0 aromatic carbocycles. The third-order valence-electron chi connectivity index (χ3n) is 8.82. The summed E-state index contributed by atoms with van der Waals surface area (Å²) in [5, 5.41) is 0. The van der Waals surface area contributed by atoms with Crippen LogP contribution in [0.15, 0.2) is 21.7 Å². The molecule has 0 atom stereocenters. The molecule has 4 nitrogen and oxygen atoms in total. The van der Waals surface area contributed by atoms with Gasteiger partial charge in [0.05, 0.1) is 11.1 Å². The molecule has 0 unspecified atom stereocenters. The number of pyridine rings is 2. The van der Waals surface area contributed by atoms with E-state index in [1.165, 1.54) is 86.7 Å². The van der Waals surface area contributed by atoms with E-state index in [1.807, 2.05) is 0 Å². The average molecular weight is 433 g/mol. The highest BCUT2D eigenvalue weighted by molar-refractivity contribution is 5.64. The molecule has 4 heteroatoms. The highest BCUT2D eigenvalue weighted by Gasteiger charge is 2.27. The van der Waals surface area contributed by atoms with Crippen LogP contribution in [-0.2, 0) is 38.8 Å². The van der Waals surface area contributed by atoms with Crippen LogP contribution in [0.25, 0.3) is 11.1 Å². The summed E-state index contributed by atoms with van der Waals surface area (Å²) < 4.78 is 4.17. The zero-order valence-corrected chi connectivity index (χ0v) is 19.3. The van der Waals surface area contributed by atoms with Crippen LogP contribution in [0.5, 0.6) is 0 Å². The number of rotatable bonds is 5. The lowest BCUT2D eigenvalue weighted by molar-refractivity contribution is 0.269. The summed E-state index contributed by atoms with van der Waals surface area (Å²) in [6.45, 7) is 1.69. The van der Waals surface area contributed by atoms with Crippen LogP contribution in [0, 0.1) is 11.8 Å². The summed E-state index contributed by atoms with van der Waals surface area (Å²) in [6, 6.07) is 4.21. The Morgan fingerprint density at radius 3 is 1.38 bits per heavy atom. The highest BCUT2D eigenvalue weighted by Crippen LogP contribution is 2.32. The van der Waals surface area contributed by atoms with Crippen molar-refractivity contribution in [1.82, 2.24) is 9.13 Å². The number of hydrogen-bond acceptors (Lipinski definition) is 2. The number of nitrogens with zero attached hydrogens (tertiary/aromatic N) is 2. The fourth-order valence-corrected chi connectivity index (χ4v) is 6.40. The van der Waals surface area contributed by atoms with Crippen LogP contribution in [0.3, 0.4) is 0 Å². The monoisotopic (exact) mass is 432 g/mol. The number of aryl methyl sites for hydroxylation is 2. The number of fused-ring (bicyclic) bond motifs is 2. The third-order valence-corrected chi connectivity index (χ3v) is 8.82. The van der Waals surface area contributed by atoms with E-state index in [2.05, 4.69) is 21.3 Å². The molecule has 2 aromatic heterocycles. The topological polar surface area (TPSA) is 44.0 Å². The summed E-state index contributed by atoms with van der Waals surface area (Å²) in [5.74, 6) is 1.26. The molecule has 0 spiro atoms. The Hall–Kier alpha value is -2.10. The molecule has 0 saturated heterocycles. The van der Waals surface area contributed by atoms with Crippen molar-refractivity contribution in [2.75, 3.05) is 0 Å². The first-order valence-corrected chi connectivity index (χ1v) is 13.2. The molecule has 4 aliphatic rings. The molecule has 0 amide bonds. The molecule has 0 N–H and O–H groups in total. The van der Waals surface area contributed by atoms with Crippen molar-refractivity contribution < 1.29 is 0 Å². The Morgan fingerprint density at radius 2 is 1.00 bits per heavy atom. The van der Waals surface area contributed by atoms with Crippen LogP contribution in [0.2, 0.25) is 0 Å². The Labute approximate surface area is 190 Å². The van der Waals surface area contributed by atoms with Gasteiger partial charge in [0.1, 0.15) is 0 Å². The molecule has 6 rings (SSSR count). The second kappa shape index (κ2) is 8.35. The van der Waals surface area contributed by atoms with Crippen molar-refractivity contribution in [3.8, 4) is 11.1 Å². The van der Waals surface area contributed by atoms with Crippen molar-refractivity contribution in [1.29, 1.82) is 0 Å². The van der Waals surface area contributed by atoms with E-state index in [-0.39, 0.29) is 11.1 Å². The highest BCUT2D eigenvalue weighted by atomic mass is 16.1. The Balaban J connectivity index is 1.51. The second-order valence-electron chi connectivity index (χ2n) is 10.9. The maximum Gasteiger partial charge on any atom is 0.258 e. The van der Waals surface area contributed by atoms with Crippen molar-refractivity contribution >= 4 is 0 Å². The smallest absolute Gasteiger partial charge is 0.258 e. The predicted octanol–water partition coefficient (Wildman–Crippen LogP) is 5.03. The molecule has 0 radical (unpaired) electrons. The molecule has 32 heavy (non-hydrogen) atoms. The first kappa shape index (κ1) is 20.5. The third kappa shape index (κ3) is 3.50. The molecule has 170 valence electrons. The predicted molar refractivity (Wildman–Crippen MR) is 128 cm³/mol. The van der Waals surface area contributed by atoms with E-state index in [0.717, 1.165) is 38.8 Å². The van der Waals surface area contributed by atoms with Gasteiger partial charge < -0.3 is 9.13 Å². The SMILES string of the molecule is O=c1c(-c2cc3c(n(CC4CCC4)c2=O)CCCC3)cc2c(n1CC1CCC1)CCCC2. The Kier molecular flexibility index (Phi) is 5.35. The summed E-state index contributed by atoms with van der Waals surface area (Å²) in [5.41, 5.74) is 6.65. The van der Waals surface area contributed by atoms with Gasteiger partial charge in [0, 0.05) is 24.5 Å². The van der Waals surface area contributed by atoms with Crippen LogP contribution in [0.1, 0.15) is 86.7 Å².